The molecule has 0 fully saturated rings. The molecule has 0 bridgehead atoms. The molecule has 0 atom stereocenters. The molecule has 2 aromatic rings. The minimum Gasteiger partial charge on any atom is -0.206 e. The number of thioether (sulfide) groups is 1. The van der Waals surface area contributed by atoms with Crippen LogP contribution in [-0.2, 0) is 11.5 Å². The molecule has 0 N–H and O–H groups in total. The molecule has 96 valence electrons. The van der Waals surface area contributed by atoms with Crippen molar-refractivity contribution in [2.45, 2.75) is 11.5 Å². The van der Waals surface area contributed by atoms with Crippen molar-refractivity contribution in [3.63, 3.8) is 0 Å². The molecule has 0 heterocycles. The Hall–Kier alpha value is -1.50. The number of halogens is 2. The summed E-state index contributed by atoms with van der Waals surface area (Å²) in [4.78, 5) is 0. The van der Waals surface area contributed by atoms with Gasteiger partial charge in [0.25, 0.3) is 0 Å². The van der Waals surface area contributed by atoms with Crippen LogP contribution in [0.4, 0.5) is 4.39 Å². The Labute approximate surface area is 121 Å². The van der Waals surface area contributed by atoms with Gasteiger partial charge in [-0.25, -0.2) is 4.39 Å². The van der Waals surface area contributed by atoms with Crippen molar-refractivity contribution >= 4 is 23.4 Å². The van der Waals surface area contributed by atoms with E-state index in [2.05, 4.69) is 0 Å². The number of hydrogen-bond donors (Lipinski definition) is 0. The Balaban J connectivity index is 1.97. The van der Waals surface area contributed by atoms with E-state index in [1.54, 1.807) is 23.9 Å². The van der Waals surface area contributed by atoms with Crippen molar-refractivity contribution in [1.82, 2.24) is 0 Å². The molecule has 2 rings (SSSR count). The van der Waals surface area contributed by atoms with Gasteiger partial charge in [0.05, 0.1) is 5.56 Å². The highest BCUT2D eigenvalue weighted by atomic mass is 35.5. The van der Waals surface area contributed by atoms with Gasteiger partial charge >= 0.3 is 0 Å². The fourth-order valence-corrected chi connectivity index (χ4v) is 2.91. The van der Waals surface area contributed by atoms with Crippen LogP contribution in [0.5, 0.6) is 0 Å². The van der Waals surface area contributed by atoms with Crippen molar-refractivity contribution < 1.29 is 4.39 Å². The topological polar surface area (TPSA) is 23.8 Å². The SMILES string of the molecule is N#Cc1cc(CSCc2ccccc2Cl)ccc1F. The first-order valence-electron chi connectivity index (χ1n) is 5.70. The van der Waals surface area contributed by atoms with Crippen molar-refractivity contribution in [2.75, 3.05) is 0 Å². The normalized spacial score (nSPS) is 10.2. The van der Waals surface area contributed by atoms with Crippen molar-refractivity contribution in [2.24, 2.45) is 0 Å². The van der Waals surface area contributed by atoms with Crippen molar-refractivity contribution in [1.29, 1.82) is 5.26 Å². The highest BCUT2D eigenvalue weighted by molar-refractivity contribution is 7.97. The molecule has 2 aromatic carbocycles. The smallest absolute Gasteiger partial charge is 0.140 e. The Morgan fingerprint density at radius 1 is 1.16 bits per heavy atom. The van der Waals surface area contributed by atoms with Crippen LogP contribution in [0, 0.1) is 17.1 Å². The minimum absolute atomic E-state index is 0.0934. The van der Waals surface area contributed by atoms with Crippen LogP contribution in [0.3, 0.4) is 0 Å². The molecular formula is C15H11ClFNS. The molecule has 1 nitrogen and oxygen atoms in total. The molecular weight excluding hydrogens is 281 g/mol. The lowest BCUT2D eigenvalue weighted by Gasteiger charge is -2.05. The van der Waals surface area contributed by atoms with E-state index < -0.39 is 5.82 Å². The molecule has 4 heteroatoms. The predicted molar refractivity (Wildman–Crippen MR) is 77.6 cm³/mol. The van der Waals surface area contributed by atoms with Crippen LogP contribution in [-0.4, -0.2) is 0 Å². The van der Waals surface area contributed by atoms with E-state index in [4.69, 9.17) is 16.9 Å². The average Bonchev–Trinajstić information content (AvgIpc) is 2.43. The molecule has 0 amide bonds. The standard InChI is InChI=1S/C15H11ClFNS/c16-14-4-2-1-3-12(14)10-19-9-11-5-6-15(17)13(7-11)8-18/h1-7H,9-10H2. The molecule has 0 saturated heterocycles. The van der Waals surface area contributed by atoms with Crippen LogP contribution in [0.2, 0.25) is 5.02 Å². The summed E-state index contributed by atoms with van der Waals surface area (Å²) in [6, 6.07) is 14.2. The van der Waals surface area contributed by atoms with Gasteiger partial charge in [0, 0.05) is 16.5 Å². The first-order chi connectivity index (χ1) is 9.20. The third-order valence-electron chi connectivity index (χ3n) is 2.64. The van der Waals surface area contributed by atoms with Gasteiger partial charge < -0.3 is 0 Å². The van der Waals surface area contributed by atoms with E-state index in [9.17, 15) is 4.39 Å². The van der Waals surface area contributed by atoms with Crippen LogP contribution >= 0.6 is 23.4 Å². The quantitative estimate of drug-likeness (QED) is 0.809. The van der Waals surface area contributed by atoms with Crippen molar-refractivity contribution in [3.05, 3.63) is 70.0 Å². The zero-order chi connectivity index (χ0) is 13.7. The summed E-state index contributed by atoms with van der Waals surface area (Å²) >= 11 is 7.75. The van der Waals surface area contributed by atoms with Gasteiger partial charge in [-0.1, -0.05) is 35.9 Å². The van der Waals surface area contributed by atoms with Crippen LogP contribution < -0.4 is 0 Å². The molecule has 0 aliphatic heterocycles. The Morgan fingerprint density at radius 3 is 2.68 bits per heavy atom. The molecule has 19 heavy (non-hydrogen) atoms. The minimum atomic E-state index is -0.470. The number of nitriles is 1. The zero-order valence-corrected chi connectivity index (χ0v) is 11.6. The summed E-state index contributed by atoms with van der Waals surface area (Å²) < 4.78 is 13.2. The Kier molecular flexibility index (Phi) is 4.84. The highest BCUT2D eigenvalue weighted by Gasteiger charge is 2.04. The maximum atomic E-state index is 13.2. The number of benzene rings is 2. The Bertz CT molecular complexity index is 622. The molecule has 0 saturated carbocycles. The molecule has 0 unspecified atom stereocenters. The van der Waals surface area contributed by atoms with Gasteiger partial charge in [-0.3, -0.25) is 0 Å². The molecule has 0 radical (unpaired) electrons. The lowest BCUT2D eigenvalue weighted by atomic mass is 10.1. The molecule has 0 aliphatic carbocycles. The summed E-state index contributed by atoms with van der Waals surface area (Å²) in [7, 11) is 0. The summed E-state index contributed by atoms with van der Waals surface area (Å²) in [5, 5.41) is 9.52. The first-order valence-corrected chi connectivity index (χ1v) is 7.23. The van der Waals surface area contributed by atoms with Gasteiger partial charge in [-0.05, 0) is 29.3 Å². The number of nitrogens with zero attached hydrogens (tertiary/aromatic N) is 1. The second-order valence-electron chi connectivity index (χ2n) is 4.01. The third kappa shape index (κ3) is 3.73. The maximum absolute atomic E-state index is 13.2. The Morgan fingerprint density at radius 2 is 1.95 bits per heavy atom. The highest BCUT2D eigenvalue weighted by Crippen LogP contribution is 2.23. The van der Waals surface area contributed by atoms with E-state index in [-0.39, 0.29) is 5.56 Å². The summed E-state index contributed by atoms with van der Waals surface area (Å²) in [5.41, 5.74) is 2.11. The second-order valence-corrected chi connectivity index (χ2v) is 5.40. The van der Waals surface area contributed by atoms with Crippen LogP contribution in [0.1, 0.15) is 16.7 Å². The largest absolute Gasteiger partial charge is 0.206 e. The van der Waals surface area contributed by atoms with Gasteiger partial charge in [0.1, 0.15) is 11.9 Å². The van der Waals surface area contributed by atoms with Gasteiger partial charge in [0.2, 0.25) is 0 Å². The van der Waals surface area contributed by atoms with Gasteiger partial charge in [0.15, 0.2) is 0 Å². The number of hydrogen-bond acceptors (Lipinski definition) is 2. The van der Waals surface area contributed by atoms with Crippen LogP contribution in [0.15, 0.2) is 42.5 Å². The monoisotopic (exact) mass is 291 g/mol. The lowest BCUT2D eigenvalue weighted by molar-refractivity contribution is 0.623. The van der Waals surface area contributed by atoms with Crippen molar-refractivity contribution in [3.8, 4) is 6.07 Å². The van der Waals surface area contributed by atoms with E-state index in [1.807, 2.05) is 30.3 Å². The van der Waals surface area contributed by atoms with E-state index in [1.165, 1.54) is 6.07 Å². The molecule has 0 spiro atoms. The van der Waals surface area contributed by atoms with Crippen LogP contribution in [0.25, 0.3) is 0 Å². The number of rotatable bonds is 4. The summed E-state index contributed by atoms with van der Waals surface area (Å²) in [5.74, 6) is 1.04. The second kappa shape index (κ2) is 6.60. The first kappa shape index (κ1) is 13.9. The van der Waals surface area contributed by atoms with E-state index in [0.29, 0.717) is 0 Å². The molecule has 0 aromatic heterocycles. The summed E-state index contributed by atoms with van der Waals surface area (Å²) in [6.45, 7) is 0. The van der Waals surface area contributed by atoms with Gasteiger partial charge in [-0.2, -0.15) is 17.0 Å². The average molecular weight is 292 g/mol. The predicted octanol–water partition coefficient (Wildman–Crippen LogP) is 4.78. The van der Waals surface area contributed by atoms with E-state index in [0.717, 1.165) is 27.7 Å². The fraction of sp³-hybridized carbons (Fsp3) is 0.133. The maximum Gasteiger partial charge on any atom is 0.140 e. The summed E-state index contributed by atoms with van der Waals surface area (Å²) in [6.07, 6.45) is 0. The lowest BCUT2D eigenvalue weighted by Crippen LogP contribution is -1.89. The fourth-order valence-electron chi connectivity index (χ4n) is 1.64. The van der Waals surface area contributed by atoms with Gasteiger partial charge in [-0.15, -0.1) is 0 Å². The zero-order valence-electron chi connectivity index (χ0n) is 10.1. The van der Waals surface area contributed by atoms with E-state index >= 15 is 0 Å². The molecule has 0 aliphatic rings. The third-order valence-corrected chi connectivity index (χ3v) is 4.06.